The third-order valence-corrected chi connectivity index (χ3v) is 1.69. The normalized spacial score (nSPS) is 10.1. The summed E-state index contributed by atoms with van der Waals surface area (Å²) in [6.45, 7) is 0.0584. The molecule has 1 rings (SSSR count). The molecule has 0 saturated heterocycles. The molecule has 0 amide bonds. The zero-order valence-electron chi connectivity index (χ0n) is 6.88. The number of aliphatic carboxylic acids is 1. The van der Waals surface area contributed by atoms with Crippen LogP contribution in [0.1, 0.15) is 6.42 Å². The zero-order valence-corrected chi connectivity index (χ0v) is 7.64. The average Bonchev–Trinajstić information content (AvgIpc) is 2.43. The molecule has 0 saturated carbocycles. The second-order valence-electron chi connectivity index (χ2n) is 2.46. The van der Waals surface area contributed by atoms with Crippen LogP contribution in [-0.2, 0) is 11.3 Å². The zero-order chi connectivity index (χ0) is 10.7. The van der Waals surface area contributed by atoms with Crippen molar-refractivity contribution in [3.05, 3.63) is 21.3 Å². The van der Waals surface area contributed by atoms with Gasteiger partial charge in [0.15, 0.2) is 5.02 Å². The number of hydrogen-bond acceptors (Lipinski definition) is 4. The van der Waals surface area contributed by atoms with E-state index in [0.29, 0.717) is 0 Å². The Labute approximate surface area is 83.0 Å². The van der Waals surface area contributed by atoms with Crippen LogP contribution >= 0.6 is 11.6 Å². The number of carboxylic acid groups (broad SMARTS) is 1. The van der Waals surface area contributed by atoms with Crippen molar-refractivity contribution in [1.82, 2.24) is 9.78 Å². The molecule has 0 spiro atoms. The molecule has 0 fully saturated rings. The summed E-state index contributed by atoms with van der Waals surface area (Å²) in [6.07, 6.45) is 1.07. The van der Waals surface area contributed by atoms with Crippen LogP contribution in [-0.4, -0.2) is 25.8 Å². The van der Waals surface area contributed by atoms with Gasteiger partial charge in [-0.25, -0.2) is 0 Å². The summed E-state index contributed by atoms with van der Waals surface area (Å²) in [5, 5.41) is 22.1. The summed E-state index contributed by atoms with van der Waals surface area (Å²) in [5.41, 5.74) is 0. The van der Waals surface area contributed by atoms with E-state index in [1.54, 1.807) is 0 Å². The lowest BCUT2D eigenvalue weighted by molar-refractivity contribution is -0.389. The van der Waals surface area contributed by atoms with Crippen molar-refractivity contribution in [2.24, 2.45) is 0 Å². The third kappa shape index (κ3) is 2.43. The smallest absolute Gasteiger partial charge is 0.408 e. The molecule has 14 heavy (non-hydrogen) atoms. The maximum atomic E-state index is 10.3. The minimum atomic E-state index is -1.00. The Morgan fingerprint density at radius 3 is 2.86 bits per heavy atom. The lowest BCUT2D eigenvalue weighted by atomic mass is 10.4. The molecule has 1 aromatic rings. The fourth-order valence-electron chi connectivity index (χ4n) is 0.835. The van der Waals surface area contributed by atoms with Crippen molar-refractivity contribution in [3.8, 4) is 0 Å². The standard InChI is InChI=1S/C6H6ClN3O4/c7-4-3-9(2-1-5(11)12)8-6(4)10(13)14/h3H,1-2H2,(H,11,12). The highest BCUT2D eigenvalue weighted by molar-refractivity contribution is 6.32. The van der Waals surface area contributed by atoms with E-state index in [1.165, 1.54) is 6.20 Å². The third-order valence-electron chi connectivity index (χ3n) is 1.43. The summed E-state index contributed by atoms with van der Waals surface area (Å²) in [6, 6.07) is 0. The fraction of sp³-hybridized carbons (Fsp3) is 0.333. The number of nitrogens with zero attached hydrogens (tertiary/aromatic N) is 3. The van der Waals surface area contributed by atoms with Crippen LogP contribution in [0.2, 0.25) is 5.02 Å². The molecule has 1 heterocycles. The van der Waals surface area contributed by atoms with Crippen molar-refractivity contribution in [3.63, 3.8) is 0 Å². The molecule has 8 heteroatoms. The number of hydrogen-bond donors (Lipinski definition) is 1. The van der Waals surface area contributed by atoms with Gasteiger partial charge in [-0.3, -0.25) is 4.79 Å². The number of aromatic nitrogens is 2. The van der Waals surface area contributed by atoms with Gasteiger partial charge in [-0.15, -0.1) is 0 Å². The van der Waals surface area contributed by atoms with Crippen molar-refractivity contribution in [2.45, 2.75) is 13.0 Å². The first kappa shape index (κ1) is 10.5. The van der Waals surface area contributed by atoms with Gasteiger partial charge in [0, 0.05) is 0 Å². The highest BCUT2D eigenvalue weighted by atomic mass is 35.5. The van der Waals surface area contributed by atoms with E-state index in [9.17, 15) is 14.9 Å². The molecule has 0 atom stereocenters. The number of nitro groups is 1. The molecule has 1 aromatic heterocycles. The number of aryl methyl sites for hydroxylation is 1. The number of carboxylic acids is 1. The minimum Gasteiger partial charge on any atom is -0.481 e. The fourth-order valence-corrected chi connectivity index (χ4v) is 1.05. The lowest BCUT2D eigenvalue weighted by Gasteiger charge is -1.90. The van der Waals surface area contributed by atoms with E-state index in [0.717, 1.165) is 4.68 Å². The van der Waals surface area contributed by atoms with Crippen molar-refractivity contribution in [1.29, 1.82) is 0 Å². The maximum absolute atomic E-state index is 10.3. The molecule has 1 N–H and O–H groups in total. The van der Waals surface area contributed by atoms with Crippen LogP contribution in [0.4, 0.5) is 5.82 Å². The molecule has 0 radical (unpaired) electrons. The molecule has 0 aliphatic carbocycles. The van der Waals surface area contributed by atoms with Crippen LogP contribution in [0.15, 0.2) is 6.20 Å². The van der Waals surface area contributed by atoms with E-state index in [-0.39, 0.29) is 18.0 Å². The highest BCUT2D eigenvalue weighted by Crippen LogP contribution is 2.21. The second kappa shape index (κ2) is 4.05. The summed E-state index contributed by atoms with van der Waals surface area (Å²) in [5.74, 6) is -1.46. The summed E-state index contributed by atoms with van der Waals surface area (Å²) >= 11 is 5.48. The summed E-state index contributed by atoms with van der Waals surface area (Å²) in [4.78, 5) is 19.8. The molecule has 0 aromatic carbocycles. The Morgan fingerprint density at radius 2 is 2.43 bits per heavy atom. The van der Waals surface area contributed by atoms with E-state index in [4.69, 9.17) is 16.7 Å². The minimum absolute atomic E-state index is 0.0584. The predicted molar refractivity (Wildman–Crippen MR) is 46.1 cm³/mol. The number of halogens is 1. The Hall–Kier alpha value is -1.63. The molecule has 0 aliphatic heterocycles. The van der Waals surface area contributed by atoms with E-state index >= 15 is 0 Å². The van der Waals surface area contributed by atoms with Gasteiger partial charge in [0.05, 0.1) is 24.3 Å². The van der Waals surface area contributed by atoms with Gasteiger partial charge in [-0.1, -0.05) is 11.6 Å². The first-order chi connectivity index (χ1) is 6.50. The SMILES string of the molecule is O=C(O)CCn1cc(Cl)c([N+](=O)[O-])n1. The largest absolute Gasteiger partial charge is 0.481 e. The molecule has 0 unspecified atom stereocenters. The van der Waals surface area contributed by atoms with Gasteiger partial charge in [0.25, 0.3) is 0 Å². The quantitative estimate of drug-likeness (QED) is 0.600. The van der Waals surface area contributed by atoms with Gasteiger partial charge in [0.1, 0.15) is 0 Å². The van der Waals surface area contributed by atoms with Gasteiger partial charge >= 0.3 is 11.8 Å². The number of rotatable bonds is 4. The monoisotopic (exact) mass is 219 g/mol. The average molecular weight is 220 g/mol. The van der Waals surface area contributed by atoms with Gasteiger partial charge < -0.3 is 15.2 Å². The van der Waals surface area contributed by atoms with Gasteiger partial charge in [-0.05, 0) is 4.92 Å². The van der Waals surface area contributed by atoms with Crippen LogP contribution in [0.5, 0.6) is 0 Å². The van der Waals surface area contributed by atoms with Crippen LogP contribution in [0.25, 0.3) is 0 Å². The van der Waals surface area contributed by atoms with E-state index < -0.39 is 16.7 Å². The van der Waals surface area contributed by atoms with Gasteiger partial charge in [-0.2, -0.15) is 4.68 Å². The summed E-state index contributed by atoms with van der Waals surface area (Å²) < 4.78 is 1.13. The van der Waals surface area contributed by atoms with Crippen LogP contribution in [0, 0.1) is 10.1 Å². The Kier molecular flexibility index (Phi) is 3.03. The predicted octanol–water partition coefficient (Wildman–Crippen LogP) is 0.919. The van der Waals surface area contributed by atoms with E-state index in [2.05, 4.69) is 5.10 Å². The number of carbonyl (C=O) groups is 1. The lowest BCUT2D eigenvalue weighted by Crippen LogP contribution is -2.05. The Balaban J connectivity index is 2.76. The first-order valence-corrected chi connectivity index (χ1v) is 3.97. The van der Waals surface area contributed by atoms with Crippen LogP contribution in [0.3, 0.4) is 0 Å². The highest BCUT2D eigenvalue weighted by Gasteiger charge is 2.18. The molecular weight excluding hydrogens is 214 g/mol. The Morgan fingerprint density at radius 1 is 1.79 bits per heavy atom. The maximum Gasteiger partial charge on any atom is 0.408 e. The summed E-state index contributed by atoms with van der Waals surface area (Å²) in [7, 11) is 0. The molecular formula is C6H6ClN3O4. The Bertz CT molecular complexity index is 375. The van der Waals surface area contributed by atoms with Crippen molar-refractivity contribution < 1.29 is 14.8 Å². The topological polar surface area (TPSA) is 98.3 Å². The second-order valence-corrected chi connectivity index (χ2v) is 2.87. The first-order valence-electron chi connectivity index (χ1n) is 3.60. The van der Waals surface area contributed by atoms with Crippen LogP contribution < -0.4 is 0 Å². The molecule has 0 bridgehead atoms. The molecule has 0 aliphatic rings. The molecule has 76 valence electrons. The molecule has 7 nitrogen and oxygen atoms in total. The van der Waals surface area contributed by atoms with Gasteiger partial charge in [0.2, 0.25) is 0 Å². The van der Waals surface area contributed by atoms with E-state index in [1.807, 2.05) is 0 Å². The van der Waals surface area contributed by atoms with Crippen molar-refractivity contribution in [2.75, 3.05) is 0 Å². The van der Waals surface area contributed by atoms with Crippen molar-refractivity contribution >= 4 is 23.4 Å².